The zero-order valence-electron chi connectivity index (χ0n) is 8.90. The van der Waals surface area contributed by atoms with Gasteiger partial charge in [-0.05, 0) is 30.7 Å². The molecule has 0 spiro atoms. The molecule has 2 heterocycles. The van der Waals surface area contributed by atoms with Crippen LogP contribution in [0.15, 0.2) is 16.5 Å². The summed E-state index contributed by atoms with van der Waals surface area (Å²) in [6.45, 7) is 4.36. The van der Waals surface area contributed by atoms with Crippen LogP contribution in [0.3, 0.4) is 0 Å². The van der Waals surface area contributed by atoms with Gasteiger partial charge in [0.15, 0.2) is 11.0 Å². The van der Waals surface area contributed by atoms with E-state index >= 15 is 0 Å². The Morgan fingerprint density at radius 1 is 1.62 bits per heavy atom. The van der Waals surface area contributed by atoms with Crippen molar-refractivity contribution in [2.24, 2.45) is 0 Å². The zero-order chi connectivity index (χ0) is 10.8. The molecule has 90 valence electrons. The summed E-state index contributed by atoms with van der Waals surface area (Å²) >= 11 is 5.63. The van der Waals surface area contributed by atoms with Crippen molar-refractivity contribution < 1.29 is 9.21 Å². The van der Waals surface area contributed by atoms with E-state index in [0.717, 1.165) is 13.1 Å². The molecule has 0 aromatic carbocycles. The minimum absolute atomic E-state index is 0. The van der Waals surface area contributed by atoms with Gasteiger partial charge >= 0.3 is 0 Å². The van der Waals surface area contributed by atoms with Gasteiger partial charge in [0.25, 0.3) is 5.91 Å². The Labute approximate surface area is 105 Å². The predicted molar refractivity (Wildman–Crippen MR) is 64.3 cm³/mol. The van der Waals surface area contributed by atoms with Crippen molar-refractivity contribution in [3.05, 3.63) is 23.1 Å². The Morgan fingerprint density at radius 2 is 2.38 bits per heavy atom. The summed E-state index contributed by atoms with van der Waals surface area (Å²) in [4.78, 5) is 13.8. The highest BCUT2D eigenvalue weighted by Crippen LogP contribution is 2.16. The maximum absolute atomic E-state index is 12.0. The molecule has 1 amide bonds. The quantitative estimate of drug-likeness (QED) is 0.842. The van der Waals surface area contributed by atoms with E-state index in [1.54, 1.807) is 17.0 Å². The van der Waals surface area contributed by atoms with Gasteiger partial charge < -0.3 is 14.6 Å². The van der Waals surface area contributed by atoms with Crippen LogP contribution in [-0.4, -0.2) is 36.5 Å². The van der Waals surface area contributed by atoms with Crippen molar-refractivity contribution in [3.8, 4) is 0 Å². The van der Waals surface area contributed by atoms with Crippen molar-refractivity contribution in [2.75, 3.05) is 19.6 Å². The first-order valence-corrected chi connectivity index (χ1v) is 5.33. The predicted octanol–water partition coefficient (Wildman–Crippen LogP) is 1.79. The maximum Gasteiger partial charge on any atom is 0.289 e. The molecular formula is C10H14Cl2N2O2. The van der Waals surface area contributed by atoms with Gasteiger partial charge in [-0.15, -0.1) is 12.4 Å². The smallest absolute Gasteiger partial charge is 0.289 e. The highest BCUT2D eigenvalue weighted by atomic mass is 35.5. The van der Waals surface area contributed by atoms with Crippen LogP contribution in [0.2, 0.25) is 5.22 Å². The van der Waals surface area contributed by atoms with Crippen LogP contribution in [0, 0.1) is 0 Å². The van der Waals surface area contributed by atoms with Gasteiger partial charge in [0.1, 0.15) is 0 Å². The maximum atomic E-state index is 12.0. The van der Waals surface area contributed by atoms with Crippen molar-refractivity contribution in [2.45, 2.75) is 13.0 Å². The second-order valence-electron chi connectivity index (χ2n) is 3.66. The highest BCUT2D eigenvalue weighted by Gasteiger charge is 2.25. The average molecular weight is 265 g/mol. The molecule has 1 aromatic rings. The summed E-state index contributed by atoms with van der Waals surface area (Å²) in [6.07, 6.45) is 0. The lowest BCUT2D eigenvalue weighted by Gasteiger charge is -2.33. The third-order valence-corrected chi connectivity index (χ3v) is 2.75. The molecule has 1 fully saturated rings. The van der Waals surface area contributed by atoms with Gasteiger partial charge in [-0.1, -0.05) is 0 Å². The molecule has 1 aromatic heterocycles. The molecule has 2 rings (SSSR count). The fourth-order valence-corrected chi connectivity index (χ4v) is 1.86. The number of hydrogen-bond acceptors (Lipinski definition) is 3. The van der Waals surface area contributed by atoms with Gasteiger partial charge in [0, 0.05) is 25.7 Å². The van der Waals surface area contributed by atoms with Gasteiger partial charge in [0.2, 0.25) is 0 Å². The van der Waals surface area contributed by atoms with Crippen LogP contribution in [0.1, 0.15) is 17.5 Å². The largest absolute Gasteiger partial charge is 0.440 e. The minimum atomic E-state index is -0.0871. The Kier molecular flexibility index (Phi) is 4.65. The van der Waals surface area contributed by atoms with Gasteiger partial charge in [-0.25, -0.2) is 0 Å². The van der Waals surface area contributed by atoms with E-state index in [-0.39, 0.29) is 29.6 Å². The van der Waals surface area contributed by atoms with Crippen LogP contribution in [0.25, 0.3) is 0 Å². The molecule has 1 N–H and O–H groups in total. The molecule has 1 saturated heterocycles. The molecule has 0 bridgehead atoms. The van der Waals surface area contributed by atoms with Crippen molar-refractivity contribution in [1.82, 2.24) is 10.2 Å². The van der Waals surface area contributed by atoms with Gasteiger partial charge in [0.05, 0.1) is 0 Å². The summed E-state index contributed by atoms with van der Waals surface area (Å²) in [5.74, 6) is 0.227. The van der Waals surface area contributed by atoms with Gasteiger partial charge in [-0.2, -0.15) is 0 Å². The lowest BCUT2D eigenvalue weighted by Crippen LogP contribution is -2.52. The summed E-state index contributed by atoms with van der Waals surface area (Å²) in [6, 6.07) is 3.39. The molecule has 1 aliphatic rings. The number of carbonyl (C=O) groups excluding carboxylic acids is 1. The lowest BCUT2D eigenvalue weighted by molar-refractivity contribution is 0.0623. The zero-order valence-corrected chi connectivity index (χ0v) is 10.5. The second kappa shape index (κ2) is 5.57. The molecule has 0 unspecified atom stereocenters. The molecule has 6 heteroatoms. The summed E-state index contributed by atoms with van der Waals surface area (Å²) in [7, 11) is 0. The Bertz CT molecular complexity index is 367. The second-order valence-corrected chi connectivity index (χ2v) is 4.03. The monoisotopic (exact) mass is 264 g/mol. The number of hydrogen-bond donors (Lipinski definition) is 1. The minimum Gasteiger partial charge on any atom is -0.440 e. The normalized spacial score (nSPS) is 20.4. The van der Waals surface area contributed by atoms with E-state index < -0.39 is 0 Å². The molecule has 1 atom stereocenters. The van der Waals surface area contributed by atoms with Crippen LogP contribution in [0.5, 0.6) is 0 Å². The highest BCUT2D eigenvalue weighted by molar-refractivity contribution is 6.29. The van der Waals surface area contributed by atoms with Crippen LogP contribution in [-0.2, 0) is 0 Å². The average Bonchev–Trinajstić information content (AvgIpc) is 2.65. The van der Waals surface area contributed by atoms with E-state index in [4.69, 9.17) is 16.0 Å². The van der Waals surface area contributed by atoms with E-state index in [0.29, 0.717) is 12.3 Å². The van der Waals surface area contributed by atoms with E-state index in [2.05, 4.69) is 5.32 Å². The third-order valence-electron chi connectivity index (χ3n) is 2.55. The molecule has 0 aliphatic carbocycles. The summed E-state index contributed by atoms with van der Waals surface area (Å²) in [5, 5.41) is 3.48. The summed E-state index contributed by atoms with van der Waals surface area (Å²) in [5.41, 5.74) is 0. The molecule has 4 nitrogen and oxygen atoms in total. The first kappa shape index (κ1) is 13.4. The van der Waals surface area contributed by atoms with Crippen molar-refractivity contribution in [3.63, 3.8) is 0 Å². The lowest BCUT2D eigenvalue weighted by atomic mass is 10.2. The van der Waals surface area contributed by atoms with E-state index in [9.17, 15) is 4.79 Å². The molecule has 0 saturated carbocycles. The number of nitrogens with one attached hydrogen (secondary N) is 1. The Morgan fingerprint density at radius 3 is 2.94 bits per heavy atom. The molecule has 16 heavy (non-hydrogen) atoms. The fraction of sp³-hybridized carbons (Fsp3) is 0.500. The summed E-state index contributed by atoms with van der Waals surface area (Å²) < 4.78 is 5.10. The first-order valence-electron chi connectivity index (χ1n) is 4.95. The van der Waals surface area contributed by atoms with E-state index in [1.165, 1.54) is 0 Å². The number of piperazine rings is 1. The number of carbonyl (C=O) groups is 1. The number of rotatable bonds is 1. The number of amides is 1. The van der Waals surface area contributed by atoms with Crippen LogP contribution >= 0.6 is 24.0 Å². The fourth-order valence-electron chi connectivity index (χ4n) is 1.71. The first-order chi connectivity index (χ1) is 7.18. The van der Waals surface area contributed by atoms with Crippen molar-refractivity contribution >= 4 is 29.9 Å². The number of halogens is 2. The van der Waals surface area contributed by atoms with Crippen LogP contribution in [0.4, 0.5) is 0 Å². The van der Waals surface area contributed by atoms with E-state index in [1.807, 2.05) is 6.92 Å². The Hall–Kier alpha value is -0.710. The Balaban J connectivity index is 0.00000128. The van der Waals surface area contributed by atoms with Crippen molar-refractivity contribution in [1.29, 1.82) is 0 Å². The molecule has 1 aliphatic heterocycles. The topological polar surface area (TPSA) is 45.5 Å². The number of furan rings is 1. The van der Waals surface area contributed by atoms with Gasteiger partial charge in [-0.3, -0.25) is 4.79 Å². The molecule has 0 radical (unpaired) electrons. The van der Waals surface area contributed by atoms with Crippen LogP contribution < -0.4 is 5.32 Å². The third kappa shape index (κ3) is 2.70. The number of nitrogens with zero attached hydrogens (tertiary/aromatic N) is 1. The molecular weight excluding hydrogens is 251 g/mol. The standard InChI is InChI=1S/C10H13ClN2O2.ClH/c1-7-6-12-4-5-13(7)10(14)8-2-3-9(11)15-8;/h2-3,7,12H,4-6H2,1H3;1H/t7-;/m0./s1. The SMILES string of the molecule is C[C@H]1CNCCN1C(=O)c1ccc(Cl)o1.Cl.